The van der Waals surface area contributed by atoms with Crippen molar-refractivity contribution in [3.05, 3.63) is 136 Å². The number of likely N-dealkylation sites (N-methyl/N-ethyl adjacent to an activating group) is 1. The van der Waals surface area contributed by atoms with E-state index in [0.717, 1.165) is 43.8 Å². The average molecular weight is 582 g/mol. The molecule has 4 aromatic rings. The number of hydrogen-bond acceptors (Lipinski definition) is 4. The molecule has 1 aliphatic heterocycles. The number of nitrogens with one attached hydrogen (secondary N) is 1. The van der Waals surface area contributed by atoms with Crippen LogP contribution in [0.3, 0.4) is 0 Å². The number of halogens is 1. The molecule has 0 saturated carbocycles. The highest BCUT2D eigenvalue weighted by atomic mass is 35.5. The fraction of sp³-hybridized carbons (Fsp3) is 0.306. The number of likely N-dealkylation sites (tertiary alicyclic amines) is 1. The van der Waals surface area contributed by atoms with E-state index in [4.69, 9.17) is 16.3 Å². The molecule has 1 saturated heterocycles. The van der Waals surface area contributed by atoms with Crippen LogP contribution in [0, 0.1) is 0 Å². The van der Waals surface area contributed by atoms with Gasteiger partial charge < -0.3 is 19.9 Å². The summed E-state index contributed by atoms with van der Waals surface area (Å²) in [5, 5.41) is 3.78. The molecule has 5 rings (SSSR count). The van der Waals surface area contributed by atoms with Gasteiger partial charge in [0.2, 0.25) is 0 Å². The Balaban J connectivity index is 1.15. The van der Waals surface area contributed by atoms with Crippen LogP contribution >= 0.6 is 11.6 Å². The SMILES string of the molecule is CN(C)C(CNC(=O)c1cccc(OC2CCN(CC(c3ccccc3)c3ccccc3)CC2)c1)c1ccccc1Cl. The van der Waals surface area contributed by atoms with Crippen LogP contribution in [0.5, 0.6) is 5.75 Å². The van der Waals surface area contributed by atoms with Gasteiger partial charge in [0.25, 0.3) is 5.91 Å². The first-order valence-electron chi connectivity index (χ1n) is 14.8. The van der Waals surface area contributed by atoms with E-state index in [1.807, 2.05) is 62.6 Å². The second-order valence-electron chi connectivity index (χ2n) is 11.2. The summed E-state index contributed by atoms with van der Waals surface area (Å²) in [5.41, 5.74) is 4.28. The number of nitrogens with zero attached hydrogens (tertiary/aromatic N) is 2. The van der Waals surface area contributed by atoms with Crippen LogP contribution in [-0.2, 0) is 0 Å². The van der Waals surface area contributed by atoms with E-state index >= 15 is 0 Å². The Morgan fingerprint density at radius 3 is 2.12 bits per heavy atom. The van der Waals surface area contributed by atoms with Crippen molar-refractivity contribution >= 4 is 17.5 Å². The Bertz CT molecular complexity index is 1380. The Morgan fingerprint density at radius 1 is 0.881 bits per heavy atom. The number of carbonyl (C=O) groups is 1. The predicted molar refractivity (Wildman–Crippen MR) is 171 cm³/mol. The van der Waals surface area contributed by atoms with E-state index in [1.54, 1.807) is 0 Å². The third-order valence-corrected chi connectivity index (χ3v) is 8.47. The summed E-state index contributed by atoms with van der Waals surface area (Å²) in [6.07, 6.45) is 2.04. The van der Waals surface area contributed by atoms with Gasteiger partial charge in [0, 0.05) is 42.7 Å². The topological polar surface area (TPSA) is 44.8 Å². The maximum Gasteiger partial charge on any atom is 0.251 e. The molecule has 42 heavy (non-hydrogen) atoms. The van der Waals surface area contributed by atoms with Crippen molar-refractivity contribution < 1.29 is 9.53 Å². The molecule has 6 heteroatoms. The van der Waals surface area contributed by atoms with E-state index in [-0.39, 0.29) is 18.1 Å². The van der Waals surface area contributed by atoms with Gasteiger partial charge in [-0.2, -0.15) is 0 Å². The van der Waals surface area contributed by atoms with Crippen molar-refractivity contribution in [2.24, 2.45) is 0 Å². The summed E-state index contributed by atoms with van der Waals surface area (Å²) in [5.74, 6) is 0.954. The molecule has 4 aromatic carbocycles. The van der Waals surface area contributed by atoms with Gasteiger partial charge in [0.15, 0.2) is 0 Å². The molecule has 1 N–H and O–H groups in total. The molecule has 0 spiro atoms. The summed E-state index contributed by atoms with van der Waals surface area (Å²) >= 11 is 6.44. The van der Waals surface area contributed by atoms with Crippen LogP contribution in [0.25, 0.3) is 0 Å². The van der Waals surface area contributed by atoms with Crippen LogP contribution in [0.4, 0.5) is 0 Å². The largest absolute Gasteiger partial charge is 0.490 e. The van der Waals surface area contributed by atoms with Crippen LogP contribution < -0.4 is 10.1 Å². The first kappa shape index (κ1) is 29.8. The lowest BCUT2D eigenvalue weighted by Crippen LogP contribution is -2.40. The standard InChI is InChI=1S/C36H40ClN3O2/c1-39(2)35(32-18-9-10-19-34(32)37)25-38-36(41)29-16-11-17-31(24-29)42-30-20-22-40(23-21-30)26-33(27-12-5-3-6-13-27)28-14-7-4-8-15-28/h3-19,24,30,33,35H,20-23,25-26H2,1-2H3,(H,38,41). The number of hydrogen-bond donors (Lipinski definition) is 1. The molecular formula is C36H40ClN3O2. The first-order valence-corrected chi connectivity index (χ1v) is 15.1. The van der Waals surface area contributed by atoms with Crippen molar-refractivity contribution in [3.63, 3.8) is 0 Å². The lowest BCUT2D eigenvalue weighted by molar-refractivity contribution is 0.0932. The Morgan fingerprint density at radius 2 is 1.50 bits per heavy atom. The minimum Gasteiger partial charge on any atom is -0.490 e. The summed E-state index contributed by atoms with van der Waals surface area (Å²) in [7, 11) is 3.98. The van der Waals surface area contributed by atoms with Crippen LogP contribution in [-0.4, -0.2) is 62.1 Å². The van der Waals surface area contributed by atoms with Crippen molar-refractivity contribution in [1.82, 2.24) is 15.1 Å². The summed E-state index contributed by atoms with van der Waals surface area (Å²) in [6, 6.07) is 36.8. The minimum atomic E-state index is -0.123. The zero-order valence-electron chi connectivity index (χ0n) is 24.5. The first-order chi connectivity index (χ1) is 20.5. The fourth-order valence-electron chi connectivity index (χ4n) is 5.75. The van der Waals surface area contributed by atoms with Gasteiger partial charge >= 0.3 is 0 Å². The van der Waals surface area contributed by atoms with E-state index in [9.17, 15) is 4.79 Å². The van der Waals surface area contributed by atoms with Crippen molar-refractivity contribution in [3.8, 4) is 5.75 Å². The molecule has 1 fully saturated rings. The molecule has 1 aliphatic rings. The van der Waals surface area contributed by atoms with Crippen molar-refractivity contribution in [2.75, 3.05) is 40.3 Å². The van der Waals surface area contributed by atoms with Crippen LogP contribution in [0.1, 0.15) is 51.8 Å². The van der Waals surface area contributed by atoms with Gasteiger partial charge in [-0.15, -0.1) is 0 Å². The smallest absolute Gasteiger partial charge is 0.251 e. The van der Waals surface area contributed by atoms with E-state index in [1.165, 1.54) is 11.1 Å². The zero-order valence-corrected chi connectivity index (χ0v) is 25.2. The molecule has 0 aromatic heterocycles. The molecule has 1 heterocycles. The van der Waals surface area contributed by atoms with Crippen molar-refractivity contribution in [1.29, 1.82) is 0 Å². The maximum atomic E-state index is 13.1. The van der Waals surface area contributed by atoms with Gasteiger partial charge in [-0.25, -0.2) is 0 Å². The van der Waals surface area contributed by atoms with Gasteiger partial charge in [0.05, 0.1) is 6.04 Å². The highest BCUT2D eigenvalue weighted by Crippen LogP contribution is 2.28. The second-order valence-corrected chi connectivity index (χ2v) is 11.6. The molecule has 0 aliphatic carbocycles. The van der Waals surface area contributed by atoms with E-state index in [0.29, 0.717) is 23.0 Å². The number of ether oxygens (including phenoxy) is 1. The Kier molecular flexibility index (Phi) is 10.3. The molecular weight excluding hydrogens is 542 g/mol. The molecule has 0 radical (unpaired) electrons. The van der Waals surface area contributed by atoms with Gasteiger partial charge in [-0.05, 0) is 67.9 Å². The lowest BCUT2D eigenvalue weighted by Gasteiger charge is -2.34. The molecule has 1 unspecified atom stereocenters. The fourth-order valence-corrected chi connectivity index (χ4v) is 6.01. The van der Waals surface area contributed by atoms with E-state index in [2.05, 4.69) is 75.8 Å². The third kappa shape index (κ3) is 7.80. The number of benzene rings is 4. The van der Waals surface area contributed by atoms with E-state index < -0.39 is 0 Å². The number of carbonyl (C=O) groups excluding carboxylic acids is 1. The second kappa shape index (κ2) is 14.5. The van der Waals surface area contributed by atoms with Gasteiger partial charge in [-0.3, -0.25) is 4.79 Å². The molecule has 218 valence electrons. The summed E-state index contributed by atoms with van der Waals surface area (Å²) in [4.78, 5) is 17.7. The highest BCUT2D eigenvalue weighted by molar-refractivity contribution is 6.31. The molecule has 5 nitrogen and oxygen atoms in total. The Hall–Kier alpha value is -3.64. The highest BCUT2D eigenvalue weighted by Gasteiger charge is 2.25. The lowest BCUT2D eigenvalue weighted by atomic mass is 9.90. The Labute approximate surface area is 255 Å². The van der Waals surface area contributed by atoms with Gasteiger partial charge in [-0.1, -0.05) is 96.5 Å². The molecule has 1 atom stereocenters. The number of rotatable bonds is 11. The number of amides is 1. The normalized spacial score (nSPS) is 15.1. The average Bonchev–Trinajstić information content (AvgIpc) is 3.02. The van der Waals surface area contributed by atoms with Gasteiger partial charge in [0.1, 0.15) is 11.9 Å². The number of piperidine rings is 1. The third-order valence-electron chi connectivity index (χ3n) is 8.12. The molecule has 1 amide bonds. The zero-order chi connectivity index (χ0) is 29.3. The summed E-state index contributed by atoms with van der Waals surface area (Å²) < 4.78 is 6.39. The van der Waals surface area contributed by atoms with Crippen molar-refractivity contribution in [2.45, 2.75) is 30.9 Å². The summed E-state index contributed by atoms with van der Waals surface area (Å²) in [6.45, 7) is 3.40. The quantitative estimate of drug-likeness (QED) is 0.206. The van der Waals surface area contributed by atoms with Crippen LogP contribution in [0.2, 0.25) is 5.02 Å². The maximum absolute atomic E-state index is 13.1. The monoisotopic (exact) mass is 581 g/mol. The predicted octanol–water partition coefficient (Wildman–Crippen LogP) is 7.05. The molecule has 0 bridgehead atoms. The minimum absolute atomic E-state index is 0.0318. The van der Waals surface area contributed by atoms with Crippen LogP contribution in [0.15, 0.2) is 109 Å².